The van der Waals surface area contributed by atoms with Gasteiger partial charge in [-0.15, -0.1) is 0 Å². The van der Waals surface area contributed by atoms with Gasteiger partial charge in [-0.25, -0.2) is 0 Å². The molecule has 0 radical (unpaired) electrons. The second-order valence-corrected chi connectivity index (χ2v) is 4.89. The number of nitrogens with one attached hydrogen (secondary N) is 1. The molecule has 1 aromatic heterocycles. The van der Waals surface area contributed by atoms with Crippen LogP contribution in [0.2, 0.25) is 0 Å². The van der Waals surface area contributed by atoms with Crippen LogP contribution in [0.25, 0.3) is 11.4 Å². The van der Waals surface area contributed by atoms with Gasteiger partial charge in [-0.1, -0.05) is 5.16 Å². The molecule has 1 N–H and O–H groups in total. The molecule has 1 aliphatic heterocycles. The topological polar surface area (TPSA) is 54.2 Å². The molecule has 0 saturated carbocycles. The number of aromatic nitrogens is 2. The Morgan fingerprint density at radius 2 is 1.90 bits per heavy atom. The summed E-state index contributed by atoms with van der Waals surface area (Å²) in [5, 5.41) is 6.55. The lowest BCUT2D eigenvalue weighted by Gasteiger charge is -2.37. The summed E-state index contributed by atoms with van der Waals surface area (Å²) in [4.78, 5) is 5.49. The van der Waals surface area contributed by atoms with E-state index in [1.165, 1.54) is 0 Å². The predicted molar refractivity (Wildman–Crippen MR) is 69.8 cm³/mol. The smallest absolute Gasteiger partial charge is 0.369 e. The Hall–Kier alpha value is -2.09. The number of anilines is 1. The van der Waals surface area contributed by atoms with E-state index >= 15 is 0 Å². The molecule has 0 aliphatic carbocycles. The number of hydrogen-bond donors (Lipinski definition) is 1. The molecule has 8 heteroatoms. The van der Waals surface area contributed by atoms with Crippen LogP contribution in [0.3, 0.4) is 0 Å². The van der Waals surface area contributed by atoms with Crippen LogP contribution >= 0.6 is 0 Å². The maximum Gasteiger partial charge on any atom is 0.471 e. The zero-order valence-corrected chi connectivity index (χ0v) is 11.2. The molecule has 2 heterocycles. The Morgan fingerprint density at radius 1 is 1.24 bits per heavy atom. The van der Waals surface area contributed by atoms with Crippen LogP contribution in [0.1, 0.15) is 5.89 Å². The van der Waals surface area contributed by atoms with E-state index in [-0.39, 0.29) is 5.82 Å². The number of benzene rings is 1. The average Bonchev–Trinajstić information content (AvgIpc) is 2.86. The molecular weight excluding hydrogens is 285 g/mol. The Morgan fingerprint density at radius 3 is 2.38 bits per heavy atom. The van der Waals surface area contributed by atoms with Crippen molar-refractivity contribution in [3.8, 4) is 11.4 Å². The van der Waals surface area contributed by atoms with Crippen molar-refractivity contribution in [2.45, 2.75) is 12.2 Å². The van der Waals surface area contributed by atoms with Crippen molar-refractivity contribution in [1.29, 1.82) is 0 Å². The lowest BCUT2D eigenvalue weighted by molar-refractivity contribution is -0.159. The highest BCUT2D eigenvalue weighted by atomic mass is 19.4. The van der Waals surface area contributed by atoms with Crippen molar-refractivity contribution in [3.63, 3.8) is 0 Å². The first-order chi connectivity index (χ1) is 9.95. The van der Waals surface area contributed by atoms with Gasteiger partial charge < -0.3 is 14.7 Å². The summed E-state index contributed by atoms with van der Waals surface area (Å²) in [6, 6.07) is 7.47. The first-order valence-electron chi connectivity index (χ1n) is 6.40. The molecule has 0 bridgehead atoms. The molecule has 5 nitrogen and oxygen atoms in total. The number of alkyl halides is 3. The van der Waals surface area contributed by atoms with Gasteiger partial charge in [-0.2, -0.15) is 18.2 Å². The van der Waals surface area contributed by atoms with Gasteiger partial charge in [0.15, 0.2) is 0 Å². The monoisotopic (exact) mass is 298 g/mol. The summed E-state index contributed by atoms with van der Waals surface area (Å²) in [5.41, 5.74) is 1.47. The Kier molecular flexibility index (Phi) is 3.32. The van der Waals surface area contributed by atoms with Gasteiger partial charge in [0.2, 0.25) is 5.82 Å². The van der Waals surface area contributed by atoms with Gasteiger partial charge in [0, 0.05) is 31.4 Å². The summed E-state index contributed by atoms with van der Waals surface area (Å²) in [6.45, 7) is 1.86. The third-order valence-corrected chi connectivity index (χ3v) is 3.51. The fourth-order valence-electron chi connectivity index (χ4n) is 2.06. The summed E-state index contributed by atoms with van der Waals surface area (Å²) < 4.78 is 41.5. The quantitative estimate of drug-likeness (QED) is 0.941. The van der Waals surface area contributed by atoms with Crippen molar-refractivity contribution in [1.82, 2.24) is 15.5 Å². The van der Waals surface area contributed by atoms with Crippen LogP contribution in [0.5, 0.6) is 0 Å². The maximum atomic E-state index is 12.4. The van der Waals surface area contributed by atoms with Crippen LogP contribution in [0.15, 0.2) is 28.8 Å². The van der Waals surface area contributed by atoms with Crippen LogP contribution in [-0.2, 0) is 6.18 Å². The van der Waals surface area contributed by atoms with Crippen LogP contribution in [0, 0.1) is 0 Å². The summed E-state index contributed by atoms with van der Waals surface area (Å²) in [5.74, 6) is -1.40. The first-order valence-corrected chi connectivity index (χ1v) is 6.40. The normalized spacial score (nSPS) is 15.8. The van der Waals surface area contributed by atoms with E-state index in [1.54, 1.807) is 12.1 Å². The van der Waals surface area contributed by atoms with Crippen molar-refractivity contribution in [2.24, 2.45) is 0 Å². The van der Waals surface area contributed by atoms with E-state index in [2.05, 4.69) is 24.9 Å². The summed E-state index contributed by atoms with van der Waals surface area (Å²) >= 11 is 0. The van der Waals surface area contributed by atoms with E-state index in [1.807, 2.05) is 19.2 Å². The van der Waals surface area contributed by atoms with Gasteiger partial charge in [0.25, 0.3) is 0 Å². The maximum absolute atomic E-state index is 12.4. The lowest BCUT2D eigenvalue weighted by atomic mass is 10.1. The Balaban J connectivity index is 1.79. The predicted octanol–water partition coefficient (Wildman–Crippen LogP) is 2.16. The largest absolute Gasteiger partial charge is 0.471 e. The van der Waals surface area contributed by atoms with Gasteiger partial charge in [0.05, 0.1) is 6.04 Å². The van der Waals surface area contributed by atoms with Crippen molar-refractivity contribution < 1.29 is 17.7 Å². The molecule has 21 heavy (non-hydrogen) atoms. The summed E-state index contributed by atoms with van der Waals surface area (Å²) in [7, 11) is 1.98. The number of rotatable bonds is 3. The molecule has 0 unspecified atom stereocenters. The third kappa shape index (κ3) is 2.71. The number of halogens is 3. The molecule has 1 saturated heterocycles. The van der Waals surface area contributed by atoms with Gasteiger partial charge >= 0.3 is 12.1 Å². The van der Waals surface area contributed by atoms with Crippen LogP contribution in [-0.4, -0.2) is 36.3 Å². The first kappa shape index (κ1) is 13.9. The van der Waals surface area contributed by atoms with Crippen molar-refractivity contribution in [2.75, 3.05) is 25.0 Å². The minimum Gasteiger partial charge on any atom is -0.369 e. The molecule has 1 fully saturated rings. The van der Waals surface area contributed by atoms with E-state index in [0.717, 1.165) is 18.8 Å². The number of nitrogens with zero attached hydrogens (tertiary/aromatic N) is 3. The second kappa shape index (κ2) is 5.03. The Bertz CT molecular complexity index is 619. The molecule has 0 atom stereocenters. The molecule has 1 aliphatic rings. The van der Waals surface area contributed by atoms with E-state index in [9.17, 15) is 13.2 Å². The molecule has 0 amide bonds. The molecular formula is C13H13F3N4O. The number of likely N-dealkylation sites (N-methyl/N-ethyl adjacent to an activating group) is 1. The standard InChI is InChI=1S/C13H13F3N4O/c1-20(10-6-17-7-10)9-4-2-8(3-5-9)11-18-12(21-19-11)13(14,15)16/h2-5,10,17H,6-7H2,1H3. The third-order valence-electron chi connectivity index (χ3n) is 3.51. The van der Waals surface area contributed by atoms with Crippen molar-refractivity contribution >= 4 is 5.69 Å². The minimum absolute atomic E-state index is 0.0677. The molecule has 2 aromatic rings. The van der Waals surface area contributed by atoms with E-state index in [4.69, 9.17) is 0 Å². The molecule has 3 rings (SSSR count). The fraction of sp³-hybridized carbons (Fsp3) is 0.385. The molecule has 0 spiro atoms. The highest BCUT2D eigenvalue weighted by molar-refractivity contribution is 5.60. The lowest BCUT2D eigenvalue weighted by Crippen LogP contribution is -2.56. The zero-order valence-electron chi connectivity index (χ0n) is 11.2. The van der Waals surface area contributed by atoms with Crippen LogP contribution < -0.4 is 10.2 Å². The number of hydrogen-bond acceptors (Lipinski definition) is 5. The van der Waals surface area contributed by atoms with Gasteiger partial charge in [0.1, 0.15) is 0 Å². The highest BCUT2D eigenvalue weighted by Crippen LogP contribution is 2.30. The second-order valence-electron chi connectivity index (χ2n) is 4.89. The van der Waals surface area contributed by atoms with Gasteiger partial charge in [-0.3, -0.25) is 0 Å². The van der Waals surface area contributed by atoms with Gasteiger partial charge in [-0.05, 0) is 24.3 Å². The Labute approximate surface area is 118 Å². The molecule has 1 aromatic carbocycles. The SMILES string of the molecule is CN(c1ccc(-c2noc(C(F)(F)F)n2)cc1)C1CNC1. The van der Waals surface area contributed by atoms with Crippen LogP contribution in [0.4, 0.5) is 18.9 Å². The van der Waals surface area contributed by atoms with E-state index in [0.29, 0.717) is 11.6 Å². The highest BCUT2D eigenvalue weighted by Gasteiger charge is 2.38. The average molecular weight is 298 g/mol. The van der Waals surface area contributed by atoms with Crippen molar-refractivity contribution in [3.05, 3.63) is 30.2 Å². The van der Waals surface area contributed by atoms with E-state index < -0.39 is 12.1 Å². The summed E-state index contributed by atoms with van der Waals surface area (Å²) in [6.07, 6.45) is -4.62. The fourth-order valence-corrected chi connectivity index (χ4v) is 2.06. The zero-order chi connectivity index (χ0) is 15.0. The minimum atomic E-state index is -4.62. The molecule has 112 valence electrons.